The maximum atomic E-state index is 12.5. The number of nitrogens with one attached hydrogen (secondary N) is 1. The van der Waals surface area contributed by atoms with E-state index in [0.29, 0.717) is 37.6 Å². The van der Waals surface area contributed by atoms with Gasteiger partial charge in [0.2, 0.25) is 10.0 Å². The van der Waals surface area contributed by atoms with Crippen LogP contribution < -0.4 is 18.9 Å². The third-order valence-corrected chi connectivity index (χ3v) is 10.7. The van der Waals surface area contributed by atoms with Gasteiger partial charge in [-0.1, -0.05) is 152 Å². The van der Waals surface area contributed by atoms with Crippen molar-refractivity contribution < 1.29 is 27.7 Å². The molecule has 60 heavy (non-hydrogen) atoms. The van der Waals surface area contributed by atoms with E-state index < -0.39 is 16.1 Å². The van der Waals surface area contributed by atoms with Crippen LogP contribution in [0.15, 0.2) is 188 Å². The molecule has 9 heteroatoms. The number of aliphatic hydroxyl groups excluding tert-OH is 1. The van der Waals surface area contributed by atoms with Gasteiger partial charge in [0.1, 0.15) is 37.1 Å². The SMILES string of the molecule is CS(=O)(=O)Nc1cc([C@@H](O)CN(Cc2ccccc2)CC(c2ccc(OCc3ccccc3)cc2)c2ccc(OCc3ccccc3)cc2)ccc1OCc1ccccc1. The predicted molar refractivity (Wildman–Crippen MR) is 239 cm³/mol. The monoisotopic (exact) mass is 818 g/mol. The maximum Gasteiger partial charge on any atom is 0.229 e. The van der Waals surface area contributed by atoms with Crippen LogP contribution in [0.5, 0.6) is 17.2 Å². The number of nitrogens with zero attached hydrogens (tertiary/aromatic N) is 1. The zero-order valence-electron chi connectivity index (χ0n) is 33.6. The lowest BCUT2D eigenvalue weighted by Crippen LogP contribution is -2.33. The molecule has 0 amide bonds. The fourth-order valence-corrected chi connectivity index (χ4v) is 7.59. The first-order valence-corrected chi connectivity index (χ1v) is 21.9. The molecule has 0 radical (unpaired) electrons. The van der Waals surface area contributed by atoms with Crippen LogP contribution in [0.3, 0.4) is 0 Å². The first kappa shape index (κ1) is 41.8. The van der Waals surface area contributed by atoms with Crippen molar-refractivity contribution in [3.8, 4) is 17.2 Å². The van der Waals surface area contributed by atoms with Gasteiger partial charge in [-0.15, -0.1) is 0 Å². The first-order chi connectivity index (χ1) is 29.2. The highest BCUT2D eigenvalue weighted by atomic mass is 32.2. The van der Waals surface area contributed by atoms with Gasteiger partial charge in [0.05, 0.1) is 18.0 Å². The molecule has 8 nitrogen and oxygen atoms in total. The average Bonchev–Trinajstić information content (AvgIpc) is 3.27. The molecule has 0 bridgehead atoms. The normalized spacial score (nSPS) is 11.9. The molecule has 7 rings (SSSR count). The van der Waals surface area contributed by atoms with E-state index in [4.69, 9.17) is 14.2 Å². The Kier molecular flexibility index (Phi) is 14.3. The van der Waals surface area contributed by atoms with Gasteiger partial charge >= 0.3 is 0 Å². The van der Waals surface area contributed by atoms with Gasteiger partial charge in [0.15, 0.2) is 0 Å². The molecule has 0 saturated heterocycles. The van der Waals surface area contributed by atoms with Gasteiger partial charge in [-0.2, -0.15) is 0 Å². The van der Waals surface area contributed by atoms with E-state index in [1.165, 1.54) is 0 Å². The van der Waals surface area contributed by atoms with Gasteiger partial charge in [-0.05, 0) is 75.3 Å². The molecule has 0 unspecified atom stereocenters. The summed E-state index contributed by atoms with van der Waals surface area (Å²) in [4.78, 5) is 2.24. The lowest BCUT2D eigenvalue weighted by atomic mass is 9.90. The van der Waals surface area contributed by atoms with Gasteiger partial charge in [0.25, 0.3) is 0 Å². The van der Waals surface area contributed by atoms with Crippen LogP contribution in [-0.2, 0) is 36.4 Å². The summed E-state index contributed by atoms with van der Waals surface area (Å²) in [5, 5.41) is 11.9. The number of ether oxygens (including phenoxy) is 3. The van der Waals surface area contributed by atoms with Crippen molar-refractivity contribution in [1.82, 2.24) is 4.90 Å². The highest BCUT2D eigenvalue weighted by Gasteiger charge is 2.23. The summed E-state index contributed by atoms with van der Waals surface area (Å²) in [7, 11) is -3.65. The Morgan fingerprint density at radius 2 is 0.933 bits per heavy atom. The fraction of sp³-hybridized carbons (Fsp3) is 0.176. The Bertz CT molecular complexity index is 2380. The molecule has 7 aromatic carbocycles. The molecule has 1 atom stereocenters. The van der Waals surface area contributed by atoms with Gasteiger partial charge in [-0.3, -0.25) is 9.62 Å². The summed E-state index contributed by atoms with van der Waals surface area (Å²) >= 11 is 0. The Balaban J connectivity index is 1.15. The molecule has 0 aliphatic heterocycles. The van der Waals surface area contributed by atoms with E-state index in [9.17, 15) is 13.5 Å². The van der Waals surface area contributed by atoms with Crippen LogP contribution in [0.25, 0.3) is 0 Å². The smallest absolute Gasteiger partial charge is 0.229 e. The maximum absolute atomic E-state index is 12.5. The van der Waals surface area contributed by atoms with Crippen LogP contribution in [0.2, 0.25) is 0 Å². The highest BCUT2D eigenvalue weighted by Crippen LogP contribution is 2.33. The van der Waals surface area contributed by atoms with Crippen molar-refractivity contribution in [3.05, 3.63) is 227 Å². The molecule has 0 heterocycles. The Labute approximate surface area is 353 Å². The second-order valence-electron chi connectivity index (χ2n) is 14.8. The molecule has 0 aliphatic carbocycles. The van der Waals surface area contributed by atoms with Gasteiger partial charge < -0.3 is 19.3 Å². The van der Waals surface area contributed by atoms with Crippen LogP contribution in [0.1, 0.15) is 51.0 Å². The third-order valence-electron chi connectivity index (χ3n) is 10.1. The summed E-state index contributed by atoms with van der Waals surface area (Å²) < 4.78 is 45.9. The summed E-state index contributed by atoms with van der Waals surface area (Å²) in [6.45, 7) is 2.60. The summed E-state index contributed by atoms with van der Waals surface area (Å²) in [5.74, 6) is 1.83. The van der Waals surface area contributed by atoms with Crippen LogP contribution in [0.4, 0.5) is 5.69 Å². The highest BCUT2D eigenvalue weighted by molar-refractivity contribution is 7.92. The van der Waals surface area contributed by atoms with E-state index in [1.54, 1.807) is 18.2 Å². The molecule has 0 fully saturated rings. The van der Waals surface area contributed by atoms with E-state index in [0.717, 1.165) is 51.1 Å². The number of hydrogen-bond donors (Lipinski definition) is 2. The zero-order valence-corrected chi connectivity index (χ0v) is 34.5. The second-order valence-corrected chi connectivity index (χ2v) is 16.6. The Hall–Kier alpha value is -6.39. The Morgan fingerprint density at radius 1 is 0.517 bits per heavy atom. The van der Waals surface area contributed by atoms with E-state index in [2.05, 4.69) is 46.0 Å². The van der Waals surface area contributed by atoms with Gasteiger partial charge in [0, 0.05) is 25.6 Å². The van der Waals surface area contributed by atoms with Crippen molar-refractivity contribution in [2.24, 2.45) is 0 Å². The summed E-state index contributed by atoms with van der Waals surface area (Å²) in [6, 6.07) is 61.7. The predicted octanol–water partition coefficient (Wildman–Crippen LogP) is 10.2. The molecule has 0 aliphatic rings. The molecule has 0 aromatic heterocycles. The topological polar surface area (TPSA) is 97.3 Å². The molecular formula is C51H50N2O6S. The van der Waals surface area contributed by atoms with Crippen LogP contribution in [-0.4, -0.2) is 37.8 Å². The minimum atomic E-state index is -3.65. The molecule has 306 valence electrons. The van der Waals surface area contributed by atoms with Crippen molar-refractivity contribution in [2.45, 2.75) is 38.4 Å². The Morgan fingerprint density at radius 3 is 1.38 bits per heavy atom. The van der Waals surface area contributed by atoms with Crippen molar-refractivity contribution in [3.63, 3.8) is 0 Å². The number of hydrogen-bond acceptors (Lipinski definition) is 7. The number of aliphatic hydroxyl groups is 1. The molecule has 2 N–H and O–H groups in total. The van der Waals surface area contributed by atoms with Crippen molar-refractivity contribution in [1.29, 1.82) is 0 Å². The van der Waals surface area contributed by atoms with E-state index in [-0.39, 0.29) is 24.8 Å². The lowest BCUT2D eigenvalue weighted by molar-refractivity contribution is 0.107. The van der Waals surface area contributed by atoms with E-state index >= 15 is 0 Å². The minimum Gasteiger partial charge on any atom is -0.489 e. The molecular weight excluding hydrogens is 769 g/mol. The number of sulfonamides is 1. The molecule has 7 aromatic rings. The van der Waals surface area contributed by atoms with Crippen LogP contribution >= 0.6 is 0 Å². The minimum absolute atomic E-state index is 0.0940. The van der Waals surface area contributed by atoms with Crippen molar-refractivity contribution >= 4 is 15.7 Å². The summed E-state index contributed by atoms with van der Waals surface area (Å²) in [6.07, 6.45) is 0.142. The first-order valence-electron chi connectivity index (χ1n) is 20.0. The number of benzene rings is 7. The quantitative estimate of drug-likeness (QED) is 0.0791. The number of anilines is 1. The lowest BCUT2D eigenvalue weighted by Gasteiger charge is -2.30. The zero-order chi connectivity index (χ0) is 41.6. The van der Waals surface area contributed by atoms with E-state index in [1.807, 2.05) is 133 Å². The van der Waals surface area contributed by atoms with Crippen LogP contribution in [0, 0.1) is 0 Å². The fourth-order valence-electron chi connectivity index (χ4n) is 7.03. The standard InChI is InChI=1S/C51H50N2O6S/c1-60(55,56)52-49-32-45(26-31-51(49)59-38-42-20-12-5-13-21-42)50(54)35-53(33-39-14-6-2-7-15-39)34-48(43-22-27-46(28-23-43)57-36-40-16-8-3-9-17-40)44-24-29-47(30-25-44)58-37-41-18-10-4-11-19-41/h2-32,48,50,52,54H,33-38H2,1H3/t50-/m0/s1. The second kappa shape index (κ2) is 20.5. The van der Waals surface area contributed by atoms with Crippen molar-refractivity contribution in [2.75, 3.05) is 24.1 Å². The molecule has 0 saturated carbocycles. The third kappa shape index (κ3) is 12.6. The molecule has 0 spiro atoms. The largest absolute Gasteiger partial charge is 0.489 e. The number of rotatable bonds is 20. The summed E-state index contributed by atoms with van der Waals surface area (Å²) in [5.41, 5.74) is 7.24. The average molecular weight is 819 g/mol. The van der Waals surface area contributed by atoms with Gasteiger partial charge in [-0.25, -0.2) is 8.42 Å².